The highest BCUT2D eigenvalue weighted by molar-refractivity contribution is 7.90. The number of sulfone groups is 1. The van der Waals surface area contributed by atoms with Crippen molar-refractivity contribution < 1.29 is 26.7 Å². The molecule has 1 aromatic rings. The quantitative estimate of drug-likeness (QED) is 0.859. The second-order valence-corrected chi connectivity index (χ2v) is 9.12. The summed E-state index contributed by atoms with van der Waals surface area (Å²) < 4.78 is 48.9. The van der Waals surface area contributed by atoms with Gasteiger partial charge in [0.05, 0.1) is 9.79 Å². The first-order valence-electron chi connectivity index (χ1n) is 6.69. The topological polar surface area (TPSA) is 109 Å². The predicted octanol–water partition coefficient (Wildman–Crippen LogP) is 0.718. The average Bonchev–Trinajstić information content (AvgIpc) is 2.46. The lowest BCUT2D eigenvalue weighted by atomic mass is 10.1. The molecule has 0 bridgehead atoms. The molecule has 122 valence electrons. The molecule has 22 heavy (non-hydrogen) atoms. The normalized spacial score (nSPS) is 20.7. The van der Waals surface area contributed by atoms with E-state index in [0.717, 1.165) is 10.6 Å². The molecule has 1 heterocycles. The van der Waals surface area contributed by atoms with Crippen LogP contribution in [0.25, 0.3) is 0 Å². The first-order valence-corrected chi connectivity index (χ1v) is 10.0. The molecule has 9 heteroatoms. The smallest absolute Gasteiger partial charge is 0.322 e. The van der Waals surface area contributed by atoms with E-state index >= 15 is 0 Å². The number of nitrogens with zero attached hydrogens (tertiary/aromatic N) is 1. The van der Waals surface area contributed by atoms with E-state index in [1.165, 1.54) is 24.3 Å². The molecule has 2 rings (SSSR count). The van der Waals surface area contributed by atoms with Crippen LogP contribution in [0, 0.1) is 0 Å². The Labute approximate surface area is 129 Å². The minimum Gasteiger partial charge on any atom is -0.480 e. The van der Waals surface area contributed by atoms with E-state index in [-0.39, 0.29) is 22.8 Å². The third-order valence-electron chi connectivity index (χ3n) is 3.60. The Kier molecular flexibility index (Phi) is 4.59. The van der Waals surface area contributed by atoms with Gasteiger partial charge in [-0.15, -0.1) is 0 Å². The SMILES string of the molecule is CS(=O)(=O)c1ccc(S(=O)(=O)N2CCCC[C@H]2C(=O)O)cc1. The van der Waals surface area contributed by atoms with Gasteiger partial charge in [0.2, 0.25) is 10.0 Å². The van der Waals surface area contributed by atoms with Crippen molar-refractivity contribution in [1.82, 2.24) is 4.31 Å². The van der Waals surface area contributed by atoms with Crippen molar-refractivity contribution in [2.45, 2.75) is 35.1 Å². The van der Waals surface area contributed by atoms with Gasteiger partial charge in [-0.3, -0.25) is 4.79 Å². The monoisotopic (exact) mass is 347 g/mol. The molecular weight excluding hydrogens is 330 g/mol. The first-order chi connectivity index (χ1) is 10.1. The van der Waals surface area contributed by atoms with Crippen molar-refractivity contribution in [3.05, 3.63) is 24.3 Å². The second-order valence-electron chi connectivity index (χ2n) is 5.21. The maximum atomic E-state index is 12.6. The van der Waals surface area contributed by atoms with Crippen LogP contribution in [-0.2, 0) is 24.7 Å². The fourth-order valence-electron chi connectivity index (χ4n) is 2.43. The standard InChI is InChI=1S/C13H17NO6S2/c1-21(17,18)10-5-7-11(8-6-10)22(19,20)14-9-3-2-4-12(14)13(15)16/h5-8,12H,2-4,9H2,1H3,(H,15,16)/t12-/m0/s1. The Morgan fingerprint density at radius 1 is 1.09 bits per heavy atom. The zero-order valence-electron chi connectivity index (χ0n) is 12.0. The summed E-state index contributed by atoms with van der Waals surface area (Å²) in [6.45, 7) is 0.146. The van der Waals surface area contributed by atoms with E-state index < -0.39 is 31.9 Å². The molecule has 1 aromatic carbocycles. The number of hydrogen-bond donors (Lipinski definition) is 1. The minimum absolute atomic E-state index is 0.0138. The molecule has 1 aliphatic heterocycles. The summed E-state index contributed by atoms with van der Waals surface area (Å²) in [7, 11) is -7.38. The molecule has 1 atom stereocenters. The van der Waals surface area contributed by atoms with Crippen LogP contribution < -0.4 is 0 Å². The molecule has 1 aliphatic rings. The summed E-state index contributed by atoms with van der Waals surface area (Å²) in [5, 5.41) is 9.18. The van der Waals surface area contributed by atoms with Crippen molar-refractivity contribution in [3.63, 3.8) is 0 Å². The summed E-state index contributed by atoms with van der Waals surface area (Å²) >= 11 is 0. The minimum atomic E-state index is -3.96. The Balaban J connectivity index is 2.39. The summed E-state index contributed by atoms with van der Waals surface area (Å²) in [6, 6.07) is 3.73. The molecule has 0 unspecified atom stereocenters. The van der Waals surface area contributed by atoms with Gasteiger partial charge in [0.1, 0.15) is 6.04 Å². The molecule has 0 radical (unpaired) electrons. The number of benzene rings is 1. The zero-order valence-corrected chi connectivity index (χ0v) is 13.6. The van der Waals surface area contributed by atoms with Gasteiger partial charge in [0, 0.05) is 12.8 Å². The molecule has 0 saturated carbocycles. The van der Waals surface area contributed by atoms with Crippen molar-refractivity contribution in [1.29, 1.82) is 0 Å². The second kappa shape index (κ2) is 5.98. The summed E-state index contributed by atoms with van der Waals surface area (Å²) in [4.78, 5) is 11.2. The van der Waals surface area contributed by atoms with Gasteiger partial charge in [-0.05, 0) is 43.5 Å². The summed E-state index contributed by atoms with van der Waals surface area (Å²) in [5.41, 5.74) is 0. The number of hydrogen-bond acceptors (Lipinski definition) is 5. The summed E-state index contributed by atoms with van der Waals surface area (Å²) in [6.07, 6.45) is 2.57. The zero-order chi connectivity index (χ0) is 16.5. The molecule has 1 saturated heterocycles. The molecule has 1 fully saturated rings. The van der Waals surface area contributed by atoms with Crippen LogP contribution in [0.15, 0.2) is 34.1 Å². The highest BCUT2D eigenvalue weighted by atomic mass is 32.2. The first kappa shape index (κ1) is 16.9. The molecular formula is C13H17NO6S2. The number of carboxylic acid groups (broad SMARTS) is 1. The van der Waals surface area contributed by atoms with Gasteiger partial charge in [-0.2, -0.15) is 4.31 Å². The Morgan fingerprint density at radius 3 is 2.14 bits per heavy atom. The van der Waals surface area contributed by atoms with E-state index in [4.69, 9.17) is 0 Å². The molecule has 0 aliphatic carbocycles. The largest absolute Gasteiger partial charge is 0.480 e. The van der Waals surface area contributed by atoms with Crippen molar-refractivity contribution in [2.75, 3.05) is 12.8 Å². The van der Waals surface area contributed by atoms with Crippen molar-refractivity contribution >= 4 is 25.8 Å². The lowest BCUT2D eigenvalue weighted by molar-refractivity contribution is -0.142. The van der Waals surface area contributed by atoms with Gasteiger partial charge in [-0.1, -0.05) is 0 Å². The lowest BCUT2D eigenvalue weighted by Gasteiger charge is -2.31. The van der Waals surface area contributed by atoms with Crippen molar-refractivity contribution in [2.24, 2.45) is 0 Å². The number of piperidine rings is 1. The van der Waals surface area contributed by atoms with E-state index in [1.54, 1.807) is 0 Å². The van der Waals surface area contributed by atoms with Crippen LogP contribution in [0.1, 0.15) is 19.3 Å². The van der Waals surface area contributed by atoms with Gasteiger partial charge in [0.25, 0.3) is 0 Å². The van der Waals surface area contributed by atoms with Gasteiger partial charge >= 0.3 is 5.97 Å². The van der Waals surface area contributed by atoms with E-state index in [2.05, 4.69) is 0 Å². The highest BCUT2D eigenvalue weighted by Crippen LogP contribution is 2.26. The van der Waals surface area contributed by atoms with Gasteiger partial charge in [-0.25, -0.2) is 16.8 Å². The fraction of sp³-hybridized carbons (Fsp3) is 0.462. The summed E-state index contributed by atoms with van der Waals surface area (Å²) in [5.74, 6) is -1.17. The van der Waals surface area contributed by atoms with Crippen LogP contribution in [0.2, 0.25) is 0 Å². The van der Waals surface area contributed by atoms with Crippen LogP contribution >= 0.6 is 0 Å². The molecule has 0 aromatic heterocycles. The van der Waals surface area contributed by atoms with E-state index in [9.17, 15) is 26.7 Å². The number of carbonyl (C=O) groups is 1. The van der Waals surface area contributed by atoms with E-state index in [1.807, 2.05) is 0 Å². The van der Waals surface area contributed by atoms with Crippen LogP contribution in [0.5, 0.6) is 0 Å². The number of carboxylic acids is 1. The lowest BCUT2D eigenvalue weighted by Crippen LogP contribution is -2.47. The Bertz CT molecular complexity index is 767. The van der Waals surface area contributed by atoms with Crippen LogP contribution in [0.4, 0.5) is 0 Å². The average molecular weight is 347 g/mol. The molecule has 7 nitrogen and oxygen atoms in total. The van der Waals surface area contributed by atoms with Crippen molar-refractivity contribution in [3.8, 4) is 0 Å². The number of sulfonamides is 1. The molecule has 1 N–H and O–H groups in total. The maximum absolute atomic E-state index is 12.6. The van der Waals surface area contributed by atoms with Crippen LogP contribution in [0.3, 0.4) is 0 Å². The fourth-order valence-corrected chi connectivity index (χ4v) is 4.72. The number of rotatable bonds is 4. The predicted molar refractivity (Wildman–Crippen MR) is 78.7 cm³/mol. The Hall–Kier alpha value is -1.45. The molecule has 0 spiro atoms. The third-order valence-corrected chi connectivity index (χ3v) is 6.65. The Morgan fingerprint density at radius 2 is 1.64 bits per heavy atom. The van der Waals surface area contributed by atoms with Gasteiger partial charge < -0.3 is 5.11 Å². The highest BCUT2D eigenvalue weighted by Gasteiger charge is 2.37. The number of aliphatic carboxylic acids is 1. The van der Waals surface area contributed by atoms with Gasteiger partial charge in [0.15, 0.2) is 9.84 Å². The molecule has 0 amide bonds. The van der Waals surface area contributed by atoms with E-state index in [0.29, 0.717) is 12.8 Å². The third kappa shape index (κ3) is 3.31. The van der Waals surface area contributed by atoms with Crippen LogP contribution in [-0.4, -0.2) is 51.1 Å². The maximum Gasteiger partial charge on any atom is 0.322 e.